The van der Waals surface area contributed by atoms with Gasteiger partial charge in [-0.3, -0.25) is 10.1 Å². The van der Waals surface area contributed by atoms with Crippen LogP contribution < -0.4 is 0 Å². The largest absolute Gasteiger partial charge is 0.502 e. The molecule has 0 aliphatic rings. The normalized spacial score (nSPS) is 10.1. The van der Waals surface area contributed by atoms with Gasteiger partial charge >= 0.3 is 5.69 Å². The highest BCUT2D eigenvalue weighted by Gasteiger charge is 2.22. The smallest absolute Gasteiger partial charge is 0.325 e. The first-order valence-electron chi connectivity index (χ1n) is 2.96. The fourth-order valence-electron chi connectivity index (χ4n) is 0.747. The van der Waals surface area contributed by atoms with Gasteiger partial charge in [-0.1, -0.05) is 0 Å². The molecule has 1 aromatic rings. The van der Waals surface area contributed by atoms with Crippen molar-refractivity contribution in [3.63, 3.8) is 0 Å². The molecule has 0 aliphatic carbocycles. The van der Waals surface area contributed by atoms with Gasteiger partial charge in [0.2, 0.25) is 0 Å². The summed E-state index contributed by atoms with van der Waals surface area (Å²) in [7, 11) is 0. The van der Waals surface area contributed by atoms with Crippen LogP contribution in [0.2, 0.25) is 0 Å². The average Bonchev–Trinajstić information content (AvgIpc) is 1.99. The molecule has 4 nitrogen and oxygen atoms in total. The third-order valence-electron chi connectivity index (χ3n) is 1.30. The van der Waals surface area contributed by atoms with Gasteiger partial charge in [0.15, 0.2) is 5.75 Å². The van der Waals surface area contributed by atoms with Crippen LogP contribution in [-0.2, 0) is 0 Å². The van der Waals surface area contributed by atoms with Crippen LogP contribution in [0.1, 0.15) is 0 Å². The second-order valence-electron chi connectivity index (χ2n) is 2.11. The minimum atomic E-state index is -0.656. The molecule has 0 amide bonds. The molecule has 0 unspecified atom stereocenters. The number of phenolic OH excluding ortho intramolecular Hbond substituents is 1. The summed E-state index contributed by atoms with van der Waals surface area (Å²) in [5.41, 5.74) is -0.352. The third kappa shape index (κ3) is 2.03. The second kappa shape index (κ2) is 3.93. The van der Waals surface area contributed by atoms with Gasteiger partial charge in [-0.2, -0.15) is 0 Å². The van der Waals surface area contributed by atoms with E-state index in [9.17, 15) is 15.2 Å². The molecule has 1 N–H and O–H groups in total. The highest BCUT2D eigenvalue weighted by Crippen LogP contribution is 2.43. The molecular weight excluding hydrogens is 374 g/mol. The second-order valence-corrected chi connectivity index (χ2v) is 4.55. The van der Waals surface area contributed by atoms with Gasteiger partial charge in [0.05, 0.1) is 9.40 Å². The molecule has 0 aliphatic heterocycles. The molecule has 0 radical (unpaired) electrons. The predicted octanol–water partition coefficient (Wildman–Crippen LogP) is 3.59. The van der Waals surface area contributed by atoms with E-state index in [1.54, 1.807) is 0 Å². The number of benzene rings is 1. The maximum Gasteiger partial charge on any atom is 0.325 e. The molecule has 0 heterocycles. The highest BCUT2D eigenvalue weighted by molar-refractivity contribution is 9.14. The van der Waals surface area contributed by atoms with Crippen LogP contribution in [0.4, 0.5) is 5.69 Å². The molecule has 13 heavy (non-hydrogen) atoms. The molecule has 0 bridgehead atoms. The Hall–Kier alpha value is -0.140. The van der Waals surface area contributed by atoms with Gasteiger partial charge in [0.25, 0.3) is 0 Å². The Morgan fingerprint density at radius 2 is 1.85 bits per heavy atom. The number of phenols is 1. The summed E-state index contributed by atoms with van der Waals surface area (Å²) in [5.74, 6) is -0.382. The summed E-state index contributed by atoms with van der Waals surface area (Å²) in [4.78, 5) is 9.83. The van der Waals surface area contributed by atoms with Crippen LogP contribution in [0.25, 0.3) is 0 Å². The highest BCUT2D eigenvalue weighted by atomic mass is 79.9. The van der Waals surface area contributed by atoms with Gasteiger partial charge in [0.1, 0.15) is 4.47 Å². The molecule has 70 valence electrons. The van der Waals surface area contributed by atoms with E-state index in [2.05, 4.69) is 47.8 Å². The zero-order valence-corrected chi connectivity index (χ0v) is 10.7. The first-order chi connectivity index (χ1) is 5.95. The summed E-state index contributed by atoms with van der Waals surface area (Å²) in [6.45, 7) is 0. The van der Waals surface area contributed by atoms with E-state index in [1.807, 2.05) is 0 Å². The van der Waals surface area contributed by atoms with Crippen LogP contribution in [0.15, 0.2) is 19.5 Å². The quantitative estimate of drug-likeness (QED) is 0.463. The molecule has 0 fully saturated rings. The molecular formula is C6H2Br3NO3. The lowest BCUT2D eigenvalue weighted by Crippen LogP contribution is -1.91. The molecule has 0 atom stereocenters. The maximum atomic E-state index is 10.5. The number of nitrogens with zero attached hydrogens (tertiary/aromatic N) is 1. The van der Waals surface area contributed by atoms with Crippen molar-refractivity contribution in [1.82, 2.24) is 0 Å². The van der Waals surface area contributed by atoms with Crippen LogP contribution in [0.5, 0.6) is 5.75 Å². The van der Waals surface area contributed by atoms with Crippen molar-refractivity contribution in [1.29, 1.82) is 0 Å². The number of nitro benzene ring substituents is 1. The standard InChI is InChI=1S/C6H2Br3NO3/c7-2-1-3(11)6(10(12)13)5(9)4(2)8/h1,11H. The van der Waals surface area contributed by atoms with E-state index in [1.165, 1.54) is 6.07 Å². The number of aromatic hydroxyl groups is 1. The Morgan fingerprint density at radius 3 is 2.31 bits per heavy atom. The van der Waals surface area contributed by atoms with Gasteiger partial charge in [0, 0.05) is 10.5 Å². The van der Waals surface area contributed by atoms with Crippen molar-refractivity contribution in [3.05, 3.63) is 29.6 Å². The molecule has 1 rings (SSSR count). The van der Waals surface area contributed by atoms with Crippen molar-refractivity contribution in [2.45, 2.75) is 0 Å². The Kier molecular flexibility index (Phi) is 3.31. The number of rotatable bonds is 1. The summed E-state index contributed by atoms with van der Waals surface area (Å²) in [6, 6.07) is 1.26. The zero-order chi connectivity index (χ0) is 10.2. The lowest BCUT2D eigenvalue weighted by Gasteiger charge is -2.02. The molecule has 0 saturated heterocycles. The lowest BCUT2D eigenvalue weighted by atomic mass is 10.3. The number of hydrogen-bond acceptors (Lipinski definition) is 3. The summed E-state index contributed by atoms with van der Waals surface area (Å²) >= 11 is 9.25. The van der Waals surface area contributed by atoms with Crippen LogP contribution in [0, 0.1) is 10.1 Å². The topological polar surface area (TPSA) is 63.4 Å². The SMILES string of the molecule is O=[N+]([O-])c1c(O)cc(Br)c(Br)c1Br. The van der Waals surface area contributed by atoms with Gasteiger partial charge < -0.3 is 5.11 Å². The molecule has 0 saturated carbocycles. The van der Waals surface area contributed by atoms with Gasteiger partial charge in [-0.25, -0.2) is 0 Å². The summed E-state index contributed by atoms with van der Waals surface area (Å²) in [6.07, 6.45) is 0. The Labute approximate surface area is 98.5 Å². The maximum absolute atomic E-state index is 10.5. The predicted molar refractivity (Wildman–Crippen MR) is 57.9 cm³/mol. The van der Waals surface area contributed by atoms with E-state index in [-0.39, 0.29) is 15.9 Å². The van der Waals surface area contributed by atoms with E-state index >= 15 is 0 Å². The van der Waals surface area contributed by atoms with Crippen molar-refractivity contribution < 1.29 is 10.0 Å². The first kappa shape index (κ1) is 10.9. The van der Waals surface area contributed by atoms with Gasteiger partial charge in [-0.15, -0.1) is 0 Å². The third-order valence-corrected chi connectivity index (χ3v) is 4.58. The fourth-order valence-corrected chi connectivity index (χ4v) is 2.29. The van der Waals surface area contributed by atoms with Crippen LogP contribution in [0.3, 0.4) is 0 Å². The zero-order valence-electron chi connectivity index (χ0n) is 5.92. The van der Waals surface area contributed by atoms with E-state index in [4.69, 9.17) is 0 Å². The number of hydrogen-bond donors (Lipinski definition) is 1. The van der Waals surface area contributed by atoms with Crippen molar-refractivity contribution in [3.8, 4) is 5.75 Å². The summed E-state index contributed by atoms with van der Waals surface area (Å²) in [5, 5.41) is 19.7. The molecule has 1 aromatic carbocycles. The minimum absolute atomic E-state index is 0.212. The van der Waals surface area contributed by atoms with E-state index in [0.717, 1.165) is 0 Å². The lowest BCUT2D eigenvalue weighted by molar-refractivity contribution is -0.386. The van der Waals surface area contributed by atoms with E-state index in [0.29, 0.717) is 8.95 Å². The van der Waals surface area contributed by atoms with Crippen molar-refractivity contribution in [2.75, 3.05) is 0 Å². The Morgan fingerprint density at radius 1 is 1.31 bits per heavy atom. The molecule has 0 aromatic heterocycles. The minimum Gasteiger partial charge on any atom is -0.502 e. The summed E-state index contributed by atoms with van der Waals surface area (Å²) < 4.78 is 1.25. The number of halogens is 3. The monoisotopic (exact) mass is 373 g/mol. The van der Waals surface area contributed by atoms with E-state index < -0.39 is 4.92 Å². The Balaban J connectivity index is 3.53. The van der Waals surface area contributed by atoms with Crippen LogP contribution >= 0.6 is 47.8 Å². The van der Waals surface area contributed by atoms with Gasteiger partial charge in [-0.05, 0) is 47.8 Å². The number of nitro groups is 1. The van der Waals surface area contributed by atoms with Crippen molar-refractivity contribution in [2.24, 2.45) is 0 Å². The molecule has 7 heteroatoms. The first-order valence-corrected chi connectivity index (χ1v) is 5.34. The fraction of sp³-hybridized carbons (Fsp3) is 0. The molecule has 0 spiro atoms. The van der Waals surface area contributed by atoms with Crippen molar-refractivity contribution >= 4 is 53.5 Å². The van der Waals surface area contributed by atoms with Crippen LogP contribution in [-0.4, -0.2) is 10.0 Å². The average molecular weight is 376 g/mol. The Bertz CT molecular complexity index is 380.